The Morgan fingerprint density at radius 2 is 1.61 bits per heavy atom. The summed E-state index contributed by atoms with van der Waals surface area (Å²) in [6, 6.07) is 17.9. The summed E-state index contributed by atoms with van der Waals surface area (Å²) in [4.78, 5) is 29.5. The van der Waals surface area contributed by atoms with E-state index in [9.17, 15) is 14.0 Å². The van der Waals surface area contributed by atoms with E-state index in [4.69, 9.17) is 11.6 Å². The number of halogens is 2. The molecule has 1 N–H and O–H groups in total. The number of benzene rings is 2. The van der Waals surface area contributed by atoms with Gasteiger partial charge in [-0.15, -0.1) is 0 Å². The Hall–Kier alpha value is -3.77. The van der Waals surface area contributed by atoms with Crippen molar-refractivity contribution in [2.24, 2.45) is 0 Å². The summed E-state index contributed by atoms with van der Waals surface area (Å²) in [6.07, 6.45) is 3.05. The van der Waals surface area contributed by atoms with Crippen molar-refractivity contribution in [2.45, 2.75) is 6.92 Å². The van der Waals surface area contributed by atoms with Crippen LogP contribution in [0.5, 0.6) is 0 Å². The monoisotopic (exact) mass is 433 g/mol. The third-order valence-corrected chi connectivity index (χ3v) is 5.11. The fourth-order valence-electron chi connectivity index (χ4n) is 3.34. The third-order valence-electron chi connectivity index (χ3n) is 4.86. The maximum absolute atomic E-state index is 13.5. The highest BCUT2D eigenvalue weighted by atomic mass is 35.5. The largest absolute Gasteiger partial charge is 0.319 e. The average Bonchev–Trinajstić information content (AvgIpc) is 3.12. The molecular formula is C24H17ClFN3O2. The molecule has 4 aromatic rings. The number of nitrogens with one attached hydrogen (secondary N) is 1. The van der Waals surface area contributed by atoms with E-state index in [1.54, 1.807) is 49.4 Å². The minimum absolute atomic E-state index is 0.251. The summed E-state index contributed by atoms with van der Waals surface area (Å²) in [7, 11) is 0. The highest BCUT2D eigenvalue weighted by Crippen LogP contribution is 2.31. The lowest BCUT2D eigenvalue weighted by Gasteiger charge is -2.12. The number of ketones is 1. The van der Waals surface area contributed by atoms with Crippen LogP contribution in [-0.4, -0.2) is 21.2 Å². The van der Waals surface area contributed by atoms with Gasteiger partial charge in [-0.25, -0.2) is 4.39 Å². The molecule has 0 aliphatic heterocycles. The normalized spacial score (nSPS) is 10.7. The summed E-state index contributed by atoms with van der Waals surface area (Å²) in [5, 5.41) is 3.16. The number of hydrogen-bond acceptors (Lipinski definition) is 3. The highest BCUT2D eigenvalue weighted by Gasteiger charge is 2.24. The van der Waals surface area contributed by atoms with Gasteiger partial charge in [0.2, 0.25) is 0 Å². The van der Waals surface area contributed by atoms with Crippen molar-refractivity contribution in [1.29, 1.82) is 0 Å². The lowest BCUT2D eigenvalue weighted by molar-refractivity contribution is -0.112. The predicted molar refractivity (Wildman–Crippen MR) is 118 cm³/mol. The number of amides is 1. The Morgan fingerprint density at radius 3 is 2.26 bits per heavy atom. The van der Waals surface area contributed by atoms with E-state index >= 15 is 0 Å². The van der Waals surface area contributed by atoms with Crippen molar-refractivity contribution in [2.75, 3.05) is 5.32 Å². The van der Waals surface area contributed by atoms with E-state index in [-0.39, 0.29) is 11.4 Å². The van der Waals surface area contributed by atoms with Gasteiger partial charge in [0.15, 0.2) is 0 Å². The molecule has 2 aromatic heterocycles. The molecule has 0 unspecified atom stereocenters. The number of Topliss-reactive ketones (excluding diaryl/α,β-unsaturated/α-hetero) is 1. The fourth-order valence-corrected chi connectivity index (χ4v) is 3.46. The van der Waals surface area contributed by atoms with Gasteiger partial charge in [0.05, 0.1) is 5.69 Å². The van der Waals surface area contributed by atoms with Crippen LogP contribution < -0.4 is 5.32 Å². The number of rotatable bonds is 5. The van der Waals surface area contributed by atoms with Crippen LogP contribution in [0.1, 0.15) is 16.1 Å². The minimum Gasteiger partial charge on any atom is -0.319 e. The number of nitrogens with zero attached hydrogens (tertiary/aromatic N) is 2. The SMILES string of the molecule is Cc1c(C(=O)C(=O)Nc2ccncc2)cc(-c2ccc(Cl)cc2)n1-c1ccc(F)cc1. The molecule has 0 aliphatic rings. The number of carbonyl (C=O) groups is 2. The van der Waals surface area contributed by atoms with Gasteiger partial charge in [-0.05, 0) is 67.1 Å². The first-order chi connectivity index (χ1) is 14.9. The van der Waals surface area contributed by atoms with Crippen LogP contribution in [0.3, 0.4) is 0 Å². The summed E-state index contributed by atoms with van der Waals surface area (Å²) >= 11 is 6.02. The molecular weight excluding hydrogens is 417 g/mol. The molecule has 0 aliphatic carbocycles. The Kier molecular flexibility index (Phi) is 5.64. The first-order valence-corrected chi connectivity index (χ1v) is 9.82. The minimum atomic E-state index is -0.756. The number of anilines is 1. The fraction of sp³-hybridized carbons (Fsp3) is 0.0417. The zero-order valence-electron chi connectivity index (χ0n) is 16.5. The van der Waals surface area contributed by atoms with E-state index in [0.29, 0.717) is 27.8 Å². The number of carbonyl (C=O) groups excluding carboxylic acids is 2. The molecule has 154 valence electrons. The standard InChI is InChI=1S/C24H17ClFN3O2/c1-15-21(23(30)24(31)28-19-10-12-27-13-11-19)14-22(16-2-4-17(25)5-3-16)29(15)20-8-6-18(26)7-9-20/h2-14H,1H3,(H,27,28,31). The lowest BCUT2D eigenvalue weighted by atomic mass is 10.1. The van der Waals surface area contributed by atoms with Crippen LogP contribution in [0.25, 0.3) is 16.9 Å². The zero-order chi connectivity index (χ0) is 22.0. The van der Waals surface area contributed by atoms with E-state index in [1.807, 2.05) is 16.7 Å². The highest BCUT2D eigenvalue weighted by molar-refractivity contribution is 6.47. The van der Waals surface area contributed by atoms with Crippen LogP contribution >= 0.6 is 11.6 Å². The second-order valence-electron chi connectivity index (χ2n) is 6.87. The quantitative estimate of drug-likeness (QED) is 0.335. The molecule has 0 radical (unpaired) electrons. The summed E-state index contributed by atoms with van der Waals surface area (Å²) < 4.78 is 15.3. The molecule has 4 rings (SSSR count). The van der Waals surface area contributed by atoms with Crippen LogP contribution in [0.4, 0.5) is 10.1 Å². The molecule has 1 amide bonds. The molecule has 2 aromatic carbocycles. The molecule has 0 saturated heterocycles. The molecule has 0 bridgehead atoms. The summed E-state index contributed by atoms with van der Waals surface area (Å²) in [6.45, 7) is 1.75. The molecule has 2 heterocycles. The Labute approximate surface area is 183 Å². The first kappa shape index (κ1) is 20.5. The summed E-state index contributed by atoms with van der Waals surface area (Å²) in [5.74, 6) is -1.80. The molecule has 0 spiro atoms. The number of aromatic nitrogens is 2. The van der Waals surface area contributed by atoms with Gasteiger partial charge < -0.3 is 9.88 Å². The van der Waals surface area contributed by atoms with Crippen molar-refractivity contribution in [1.82, 2.24) is 9.55 Å². The Morgan fingerprint density at radius 1 is 0.968 bits per heavy atom. The van der Waals surface area contributed by atoms with Crippen LogP contribution in [-0.2, 0) is 4.79 Å². The Balaban J connectivity index is 1.79. The molecule has 0 saturated carbocycles. The smallest absolute Gasteiger partial charge is 0.296 e. The zero-order valence-corrected chi connectivity index (χ0v) is 17.2. The van der Waals surface area contributed by atoms with Crippen molar-refractivity contribution in [3.63, 3.8) is 0 Å². The van der Waals surface area contributed by atoms with Gasteiger partial charge in [-0.2, -0.15) is 0 Å². The van der Waals surface area contributed by atoms with Crippen LogP contribution in [0, 0.1) is 12.7 Å². The van der Waals surface area contributed by atoms with Gasteiger partial charge >= 0.3 is 0 Å². The van der Waals surface area contributed by atoms with E-state index < -0.39 is 11.7 Å². The van der Waals surface area contributed by atoms with Gasteiger partial charge in [-0.3, -0.25) is 14.6 Å². The molecule has 7 heteroatoms. The summed E-state index contributed by atoms with van der Waals surface area (Å²) in [5.41, 5.74) is 3.43. The molecule has 5 nitrogen and oxygen atoms in total. The molecule has 0 fully saturated rings. The molecule has 0 atom stereocenters. The second-order valence-corrected chi connectivity index (χ2v) is 7.30. The van der Waals surface area contributed by atoms with Crippen LogP contribution in [0.2, 0.25) is 5.02 Å². The lowest BCUT2D eigenvalue weighted by Crippen LogP contribution is -2.23. The second kappa shape index (κ2) is 8.53. The van der Waals surface area contributed by atoms with E-state index in [2.05, 4.69) is 10.3 Å². The van der Waals surface area contributed by atoms with Crippen molar-refractivity contribution >= 4 is 29.0 Å². The maximum Gasteiger partial charge on any atom is 0.296 e. The van der Waals surface area contributed by atoms with Crippen molar-refractivity contribution in [3.05, 3.63) is 101 Å². The van der Waals surface area contributed by atoms with Crippen LogP contribution in [0.15, 0.2) is 79.1 Å². The van der Waals surface area contributed by atoms with Crippen molar-refractivity contribution < 1.29 is 14.0 Å². The van der Waals surface area contributed by atoms with Crippen molar-refractivity contribution in [3.8, 4) is 16.9 Å². The van der Waals surface area contributed by atoms with Gasteiger partial charge in [0.1, 0.15) is 5.82 Å². The topological polar surface area (TPSA) is 64.0 Å². The maximum atomic E-state index is 13.5. The van der Waals surface area contributed by atoms with E-state index in [1.165, 1.54) is 24.5 Å². The first-order valence-electron chi connectivity index (χ1n) is 9.44. The number of pyridine rings is 1. The van der Waals surface area contributed by atoms with Gasteiger partial charge in [0, 0.05) is 40.0 Å². The third kappa shape index (κ3) is 4.25. The number of hydrogen-bond donors (Lipinski definition) is 1. The predicted octanol–water partition coefficient (Wildman–Crippen LogP) is 5.46. The van der Waals surface area contributed by atoms with E-state index in [0.717, 1.165) is 5.56 Å². The van der Waals surface area contributed by atoms with Gasteiger partial charge in [-0.1, -0.05) is 23.7 Å². The average molecular weight is 434 g/mol. The molecule has 31 heavy (non-hydrogen) atoms. The van der Waals surface area contributed by atoms with Gasteiger partial charge in [0.25, 0.3) is 11.7 Å². The Bertz CT molecular complexity index is 1250.